The molecule has 0 atom stereocenters. The normalized spacial score (nSPS) is 13.5. The van der Waals surface area contributed by atoms with Crippen molar-refractivity contribution >= 4 is 11.6 Å². The van der Waals surface area contributed by atoms with Crippen LogP contribution in [0.1, 0.15) is 40.5 Å². The summed E-state index contributed by atoms with van der Waals surface area (Å²) in [4.78, 5) is 16.8. The van der Waals surface area contributed by atoms with Crippen LogP contribution in [0.5, 0.6) is 0 Å². The van der Waals surface area contributed by atoms with E-state index < -0.39 is 0 Å². The van der Waals surface area contributed by atoms with Crippen LogP contribution in [-0.4, -0.2) is 26.2 Å². The first-order valence-electron chi connectivity index (χ1n) is 7.99. The van der Waals surface area contributed by atoms with Gasteiger partial charge in [0.2, 0.25) is 5.76 Å². The molecule has 1 aliphatic rings. The molecule has 122 valence electrons. The summed E-state index contributed by atoms with van der Waals surface area (Å²) in [5, 5.41) is 13.8. The molecule has 0 spiro atoms. The minimum absolute atomic E-state index is 0.269. The lowest BCUT2D eigenvalue weighted by atomic mass is 9.96. The zero-order valence-electron chi connectivity index (χ0n) is 13.3. The number of hydrogen-bond donors (Lipinski definition) is 2. The van der Waals surface area contributed by atoms with E-state index in [4.69, 9.17) is 4.52 Å². The van der Waals surface area contributed by atoms with Crippen molar-refractivity contribution in [2.45, 2.75) is 32.6 Å². The number of H-pyrrole nitrogens is 1. The summed E-state index contributed by atoms with van der Waals surface area (Å²) in [5.74, 6) is 1.39. The Morgan fingerprint density at radius 2 is 2.17 bits per heavy atom. The van der Waals surface area contributed by atoms with E-state index in [0.29, 0.717) is 17.3 Å². The van der Waals surface area contributed by atoms with Gasteiger partial charge in [-0.3, -0.25) is 9.89 Å². The molecule has 2 N–H and O–H groups in total. The second-order valence-electron chi connectivity index (χ2n) is 5.92. The number of carbonyl (C=O) groups excluding carboxylic acids is 1. The van der Waals surface area contributed by atoms with E-state index in [2.05, 4.69) is 25.7 Å². The summed E-state index contributed by atoms with van der Waals surface area (Å²) in [6, 6.07) is 7.41. The second kappa shape index (κ2) is 5.92. The number of aromatic amines is 1. The molecule has 1 aliphatic carbocycles. The predicted molar refractivity (Wildman–Crippen MR) is 87.7 cm³/mol. The third-order valence-corrected chi connectivity index (χ3v) is 4.14. The molecule has 1 aromatic carbocycles. The van der Waals surface area contributed by atoms with E-state index in [1.165, 1.54) is 0 Å². The van der Waals surface area contributed by atoms with E-state index in [0.717, 1.165) is 48.3 Å². The van der Waals surface area contributed by atoms with Gasteiger partial charge in [0, 0.05) is 16.8 Å². The molecule has 0 aliphatic heterocycles. The summed E-state index contributed by atoms with van der Waals surface area (Å²) in [7, 11) is 0. The zero-order valence-corrected chi connectivity index (χ0v) is 13.3. The summed E-state index contributed by atoms with van der Waals surface area (Å²) in [5.41, 5.74) is 3.36. The molecule has 4 rings (SSSR count). The lowest BCUT2D eigenvalue weighted by molar-refractivity contribution is 0.0986. The largest absolute Gasteiger partial charge is 0.350 e. The maximum absolute atomic E-state index is 12.5. The van der Waals surface area contributed by atoms with Crippen molar-refractivity contribution in [2.75, 3.05) is 5.32 Å². The number of benzene rings is 1. The van der Waals surface area contributed by atoms with Crippen molar-refractivity contribution in [1.29, 1.82) is 0 Å². The van der Waals surface area contributed by atoms with Crippen LogP contribution in [0.4, 0.5) is 5.69 Å². The number of nitrogens with one attached hydrogen (secondary N) is 2. The summed E-state index contributed by atoms with van der Waals surface area (Å²) in [6.07, 6.45) is 3.89. The molecule has 0 unspecified atom stereocenters. The van der Waals surface area contributed by atoms with Crippen LogP contribution in [0.25, 0.3) is 11.4 Å². The van der Waals surface area contributed by atoms with Gasteiger partial charge in [-0.25, -0.2) is 4.98 Å². The molecule has 2 aromatic heterocycles. The monoisotopic (exact) mass is 323 g/mol. The third-order valence-electron chi connectivity index (χ3n) is 4.14. The molecule has 0 bridgehead atoms. The van der Waals surface area contributed by atoms with Crippen molar-refractivity contribution in [3.8, 4) is 11.4 Å². The number of aryl methyl sites for hydroxylation is 2. The van der Waals surface area contributed by atoms with Crippen LogP contribution in [-0.2, 0) is 12.8 Å². The molecular formula is C17H17N5O2. The van der Waals surface area contributed by atoms with Crippen LogP contribution in [0.15, 0.2) is 28.8 Å². The predicted octanol–water partition coefficient (Wildman–Crippen LogP) is 2.90. The van der Waals surface area contributed by atoms with E-state index in [9.17, 15) is 4.79 Å². The molecule has 7 heteroatoms. The number of amides is 1. The van der Waals surface area contributed by atoms with Crippen molar-refractivity contribution in [1.82, 2.24) is 20.3 Å². The fraction of sp³-hybridized carbons (Fsp3) is 0.294. The van der Waals surface area contributed by atoms with Crippen molar-refractivity contribution in [3.05, 3.63) is 47.1 Å². The maximum Gasteiger partial charge on any atom is 0.294 e. The number of fused-ring (bicyclic) bond motifs is 1. The number of carbonyl (C=O) groups is 1. The van der Waals surface area contributed by atoms with Crippen molar-refractivity contribution < 1.29 is 9.32 Å². The highest BCUT2D eigenvalue weighted by atomic mass is 16.5. The van der Waals surface area contributed by atoms with Crippen molar-refractivity contribution in [3.63, 3.8) is 0 Å². The third kappa shape index (κ3) is 2.68. The minimum atomic E-state index is -0.269. The molecule has 0 radical (unpaired) electrons. The summed E-state index contributed by atoms with van der Waals surface area (Å²) in [6.45, 7) is 1.84. The lowest BCUT2D eigenvalue weighted by Gasteiger charge is -2.09. The highest BCUT2D eigenvalue weighted by Crippen LogP contribution is 2.25. The summed E-state index contributed by atoms with van der Waals surface area (Å²) < 4.78 is 5.28. The topological polar surface area (TPSA) is 96.7 Å². The van der Waals surface area contributed by atoms with Gasteiger partial charge in [-0.2, -0.15) is 5.10 Å². The zero-order chi connectivity index (χ0) is 16.5. The Hall–Kier alpha value is -2.96. The van der Waals surface area contributed by atoms with E-state index in [1.807, 2.05) is 31.2 Å². The van der Waals surface area contributed by atoms with E-state index >= 15 is 0 Å². The first-order valence-corrected chi connectivity index (χ1v) is 7.99. The van der Waals surface area contributed by atoms with Gasteiger partial charge in [-0.1, -0.05) is 17.3 Å². The number of anilines is 1. The average molecular weight is 323 g/mol. The average Bonchev–Trinajstić information content (AvgIpc) is 3.21. The smallest absolute Gasteiger partial charge is 0.294 e. The molecule has 2 heterocycles. The van der Waals surface area contributed by atoms with Crippen LogP contribution >= 0.6 is 0 Å². The van der Waals surface area contributed by atoms with E-state index in [1.54, 1.807) is 0 Å². The molecule has 0 fully saturated rings. The molecule has 3 aromatic rings. The Morgan fingerprint density at radius 1 is 1.29 bits per heavy atom. The van der Waals surface area contributed by atoms with Crippen LogP contribution in [0.2, 0.25) is 0 Å². The quantitative estimate of drug-likeness (QED) is 0.772. The van der Waals surface area contributed by atoms with Crippen LogP contribution in [0, 0.1) is 6.92 Å². The van der Waals surface area contributed by atoms with Crippen LogP contribution in [0.3, 0.4) is 0 Å². The molecule has 1 amide bonds. The Balaban J connectivity index is 1.57. The fourth-order valence-electron chi connectivity index (χ4n) is 2.96. The second-order valence-corrected chi connectivity index (χ2v) is 5.92. The Morgan fingerprint density at radius 3 is 3.00 bits per heavy atom. The van der Waals surface area contributed by atoms with Crippen molar-refractivity contribution in [2.24, 2.45) is 0 Å². The first kappa shape index (κ1) is 14.6. The van der Waals surface area contributed by atoms with Gasteiger partial charge in [0.05, 0.1) is 5.69 Å². The standard InChI is InChI=1S/C17H17N5O2/c1-10-18-16(21-20-10)11-5-4-6-12(9-11)19-17(23)15-13-7-2-3-8-14(13)22-24-15/h4-6,9H,2-3,7-8H2,1H3,(H,19,23)(H,18,20,21). The molecule has 7 nitrogen and oxygen atoms in total. The number of aromatic nitrogens is 4. The molecule has 0 saturated heterocycles. The highest BCUT2D eigenvalue weighted by Gasteiger charge is 2.24. The Bertz CT molecular complexity index is 896. The number of hydrogen-bond acceptors (Lipinski definition) is 5. The highest BCUT2D eigenvalue weighted by molar-refractivity contribution is 6.03. The molecular weight excluding hydrogens is 306 g/mol. The minimum Gasteiger partial charge on any atom is -0.350 e. The maximum atomic E-state index is 12.5. The Kier molecular flexibility index (Phi) is 3.60. The summed E-state index contributed by atoms with van der Waals surface area (Å²) >= 11 is 0. The lowest BCUT2D eigenvalue weighted by Crippen LogP contribution is -2.14. The van der Waals surface area contributed by atoms with Gasteiger partial charge in [0.1, 0.15) is 5.82 Å². The van der Waals surface area contributed by atoms with Gasteiger partial charge >= 0.3 is 0 Å². The van der Waals surface area contributed by atoms with Gasteiger partial charge in [0.25, 0.3) is 5.91 Å². The Labute approximate surface area is 138 Å². The number of nitrogens with zero attached hydrogens (tertiary/aromatic N) is 3. The first-order chi connectivity index (χ1) is 11.7. The van der Waals surface area contributed by atoms with E-state index in [-0.39, 0.29) is 5.91 Å². The van der Waals surface area contributed by atoms with Gasteiger partial charge in [-0.05, 0) is 44.7 Å². The van der Waals surface area contributed by atoms with Gasteiger partial charge in [0.15, 0.2) is 5.82 Å². The molecule has 24 heavy (non-hydrogen) atoms. The van der Waals surface area contributed by atoms with Gasteiger partial charge in [-0.15, -0.1) is 0 Å². The molecule has 0 saturated carbocycles. The fourth-order valence-corrected chi connectivity index (χ4v) is 2.96. The van der Waals surface area contributed by atoms with Crippen LogP contribution < -0.4 is 5.32 Å². The van der Waals surface area contributed by atoms with Gasteiger partial charge < -0.3 is 9.84 Å². The SMILES string of the molecule is Cc1nc(-c2cccc(NC(=O)c3onc4c3CCCC4)c2)n[nH]1. The number of rotatable bonds is 3.